The van der Waals surface area contributed by atoms with Gasteiger partial charge in [-0.15, -0.1) is 0 Å². The highest BCUT2D eigenvalue weighted by Gasteiger charge is 2.06. The fraction of sp³-hybridized carbons (Fsp3) is 0.235. The maximum absolute atomic E-state index is 12.0. The molecule has 0 unspecified atom stereocenters. The Morgan fingerprint density at radius 3 is 2.73 bits per heavy atom. The van der Waals surface area contributed by atoms with Crippen LogP contribution in [-0.4, -0.2) is 26.2 Å². The van der Waals surface area contributed by atoms with Gasteiger partial charge in [-0.1, -0.05) is 18.2 Å². The summed E-state index contributed by atoms with van der Waals surface area (Å²) in [5.74, 6) is 1.30. The molecule has 2 aromatic rings. The smallest absolute Gasteiger partial charge is 0.243 e. The second kappa shape index (κ2) is 7.93. The number of methoxy groups -OCH3 is 1. The Morgan fingerprint density at radius 1 is 1.14 bits per heavy atom. The van der Waals surface area contributed by atoms with Crippen molar-refractivity contribution in [2.45, 2.75) is 6.92 Å². The number of rotatable bonds is 7. The van der Waals surface area contributed by atoms with Gasteiger partial charge in [0, 0.05) is 11.8 Å². The quantitative estimate of drug-likeness (QED) is 0.824. The summed E-state index contributed by atoms with van der Waals surface area (Å²) >= 11 is 0. The number of hydrogen-bond donors (Lipinski definition) is 2. The van der Waals surface area contributed by atoms with E-state index in [4.69, 9.17) is 9.47 Å². The third-order valence-corrected chi connectivity index (χ3v) is 2.98. The summed E-state index contributed by atoms with van der Waals surface area (Å²) in [6.45, 7) is 2.66. The minimum absolute atomic E-state index is 0.139. The van der Waals surface area contributed by atoms with E-state index in [0.29, 0.717) is 18.0 Å². The number of nitrogens with one attached hydrogen (secondary N) is 2. The lowest BCUT2D eigenvalue weighted by molar-refractivity contribution is -0.114. The number of anilines is 2. The highest BCUT2D eigenvalue weighted by atomic mass is 16.5. The van der Waals surface area contributed by atoms with Crippen LogP contribution in [0.2, 0.25) is 0 Å². The number of carbonyl (C=O) groups excluding carboxylic acids is 1. The van der Waals surface area contributed by atoms with Crippen molar-refractivity contribution in [1.82, 2.24) is 0 Å². The molecular weight excluding hydrogens is 280 g/mol. The minimum atomic E-state index is -0.139. The van der Waals surface area contributed by atoms with E-state index in [1.165, 1.54) is 0 Å². The van der Waals surface area contributed by atoms with Gasteiger partial charge in [0.05, 0.1) is 25.9 Å². The summed E-state index contributed by atoms with van der Waals surface area (Å²) < 4.78 is 10.6. The van der Waals surface area contributed by atoms with E-state index in [9.17, 15) is 4.79 Å². The average Bonchev–Trinajstić information content (AvgIpc) is 2.54. The Hall–Kier alpha value is -2.69. The first-order chi connectivity index (χ1) is 10.7. The molecule has 5 nitrogen and oxygen atoms in total. The molecule has 0 saturated carbocycles. The molecule has 2 N–H and O–H groups in total. The van der Waals surface area contributed by atoms with E-state index in [-0.39, 0.29) is 12.5 Å². The fourth-order valence-corrected chi connectivity index (χ4v) is 1.98. The standard InChI is InChI=1S/C17H20N2O3/c1-3-22-16-10-5-4-9-15(16)18-12-17(20)19-13-7-6-8-14(11-13)21-2/h4-11,18H,3,12H2,1-2H3,(H,19,20). The van der Waals surface area contributed by atoms with Crippen molar-refractivity contribution in [2.24, 2.45) is 0 Å². The summed E-state index contributed by atoms with van der Waals surface area (Å²) in [6.07, 6.45) is 0. The van der Waals surface area contributed by atoms with E-state index in [0.717, 1.165) is 11.4 Å². The highest BCUT2D eigenvalue weighted by Crippen LogP contribution is 2.23. The number of carbonyl (C=O) groups is 1. The normalized spacial score (nSPS) is 9.91. The van der Waals surface area contributed by atoms with Gasteiger partial charge in [-0.2, -0.15) is 0 Å². The van der Waals surface area contributed by atoms with Crippen LogP contribution in [0.3, 0.4) is 0 Å². The van der Waals surface area contributed by atoms with Crippen LogP contribution in [0, 0.1) is 0 Å². The molecule has 0 heterocycles. The molecular formula is C17H20N2O3. The zero-order valence-corrected chi connectivity index (χ0v) is 12.8. The average molecular weight is 300 g/mol. The van der Waals surface area contributed by atoms with Gasteiger partial charge in [0.1, 0.15) is 11.5 Å². The largest absolute Gasteiger partial charge is 0.497 e. The van der Waals surface area contributed by atoms with Crippen LogP contribution in [0.5, 0.6) is 11.5 Å². The fourth-order valence-electron chi connectivity index (χ4n) is 1.98. The molecule has 0 spiro atoms. The Balaban J connectivity index is 1.92. The Kier molecular flexibility index (Phi) is 5.65. The molecule has 0 radical (unpaired) electrons. The number of amides is 1. The second-order valence-electron chi connectivity index (χ2n) is 4.56. The van der Waals surface area contributed by atoms with E-state index in [1.54, 1.807) is 13.2 Å². The Labute approximate surface area is 130 Å². The van der Waals surface area contributed by atoms with Gasteiger partial charge in [-0.25, -0.2) is 0 Å². The van der Waals surface area contributed by atoms with Crippen molar-refractivity contribution in [3.8, 4) is 11.5 Å². The summed E-state index contributed by atoms with van der Waals surface area (Å²) in [7, 11) is 1.59. The maximum atomic E-state index is 12.0. The zero-order chi connectivity index (χ0) is 15.8. The molecule has 0 bridgehead atoms. The van der Waals surface area contributed by atoms with Crippen molar-refractivity contribution in [2.75, 3.05) is 30.9 Å². The lowest BCUT2D eigenvalue weighted by atomic mass is 10.3. The van der Waals surface area contributed by atoms with Crippen molar-refractivity contribution in [1.29, 1.82) is 0 Å². The van der Waals surface area contributed by atoms with Crippen LogP contribution >= 0.6 is 0 Å². The van der Waals surface area contributed by atoms with Crippen molar-refractivity contribution in [3.05, 3.63) is 48.5 Å². The van der Waals surface area contributed by atoms with Gasteiger partial charge in [0.25, 0.3) is 0 Å². The Morgan fingerprint density at radius 2 is 1.95 bits per heavy atom. The van der Waals surface area contributed by atoms with Crippen molar-refractivity contribution in [3.63, 3.8) is 0 Å². The van der Waals surface area contributed by atoms with Gasteiger partial charge < -0.3 is 20.1 Å². The SMILES string of the molecule is CCOc1ccccc1NCC(=O)Nc1cccc(OC)c1. The van der Waals surface area contributed by atoms with Crippen LogP contribution in [0.25, 0.3) is 0 Å². The second-order valence-corrected chi connectivity index (χ2v) is 4.56. The van der Waals surface area contributed by atoms with Crippen molar-refractivity contribution < 1.29 is 14.3 Å². The maximum Gasteiger partial charge on any atom is 0.243 e. The van der Waals surface area contributed by atoms with Crippen LogP contribution in [0.15, 0.2) is 48.5 Å². The van der Waals surface area contributed by atoms with Gasteiger partial charge in [-0.3, -0.25) is 4.79 Å². The molecule has 116 valence electrons. The first-order valence-electron chi connectivity index (χ1n) is 7.12. The third-order valence-electron chi connectivity index (χ3n) is 2.98. The molecule has 2 aromatic carbocycles. The lowest BCUT2D eigenvalue weighted by Crippen LogP contribution is -2.22. The summed E-state index contributed by atoms with van der Waals surface area (Å²) in [5, 5.41) is 5.89. The molecule has 0 atom stereocenters. The predicted molar refractivity (Wildman–Crippen MR) is 87.7 cm³/mol. The summed E-state index contributed by atoms with van der Waals surface area (Å²) in [6, 6.07) is 14.8. The van der Waals surface area contributed by atoms with Gasteiger partial charge in [-0.05, 0) is 31.2 Å². The van der Waals surface area contributed by atoms with Crippen LogP contribution < -0.4 is 20.1 Å². The molecule has 2 rings (SSSR count). The third kappa shape index (κ3) is 4.41. The molecule has 0 aliphatic carbocycles. The molecule has 0 aliphatic heterocycles. The minimum Gasteiger partial charge on any atom is -0.497 e. The van der Waals surface area contributed by atoms with Crippen LogP contribution in [0.1, 0.15) is 6.92 Å². The molecule has 0 aliphatic rings. The molecule has 5 heteroatoms. The van der Waals surface area contributed by atoms with Gasteiger partial charge in [0.15, 0.2) is 0 Å². The number of hydrogen-bond acceptors (Lipinski definition) is 4. The number of benzene rings is 2. The molecule has 1 amide bonds. The highest BCUT2D eigenvalue weighted by molar-refractivity contribution is 5.94. The number of para-hydroxylation sites is 2. The predicted octanol–water partition coefficient (Wildman–Crippen LogP) is 3.14. The number of ether oxygens (including phenoxy) is 2. The first-order valence-corrected chi connectivity index (χ1v) is 7.12. The lowest BCUT2D eigenvalue weighted by Gasteiger charge is -2.12. The van der Waals surface area contributed by atoms with E-state index >= 15 is 0 Å². The molecule has 22 heavy (non-hydrogen) atoms. The molecule has 0 saturated heterocycles. The Bertz CT molecular complexity index is 629. The molecule has 0 aromatic heterocycles. The van der Waals surface area contributed by atoms with Gasteiger partial charge >= 0.3 is 0 Å². The topological polar surface area (TPSA) is 59.6 Å². The van der Waals surface area contributed by atoms with E-state index in [1.807, 2.05) is 49.4 Å². The molecule has 0 fully saturated rings. The van der Waals surface area contributed by atoms with Gasteiger partial charge in [0.2, 0.25) is 5.91 Å². The van der Waals surface area contributed by atoms with E-state index in [2.05, 4.69) is 10.6 Å². The van der Waals surface area contributed by atoms with E-state index < -0.39 is 0 Å². The van der Waals surface area contributed by atoms with Crippen LogP contribution in [0.4, 0.5) is 11.4 Å². The zero-order valence-electron chi connectivity index (χ0n) is 12.8. The summed E-state index contributed by atoms with van der Waals surface area (Å²) in [5.41, 5.74) is 1.49. The first kappa shape index (κ1) is 15.7. The summed E-state index contributed by atoms with van der Waals surface area (Å²) in [4.78, 5) is 12.0. The monoisotopic (exact) mass is 300 g/mol. The van der Waals surface area contributed by atoms with Crippen molar-refractivity contribution >= 4 is 17.3 Å². The van der Waals surface area contributed by atoms with Crippen LogP contribution in [-0.2, 0) is 4.79 Å².